The molecule has 28 heavy (non-hydrogen) atoms. The number of halogens is 1. The fourth-order valence-corrected chi connectivity index (χ4v) is 3.54. The Bertz CT molecular complexity index is 932. The van der Waals surface area contributed by atoms with Crippen LogP contribution in [0.2, 0.25) is 0 Å². The molecule has 0 unspecified atom stereocenters. The summed E-state index contributed by atoms with van der Waals surface area (Å²) in [6.07, 6.45) is 0.984. The van der Waals surface area contributed by atoms with Crippen molar-refractivity contribution in [1.29, 1.82) is 0 Å². The zero-order valence-electron chi connectivity index (χ0n) is 16.1. The number of nitrogens with zero attached hydrogens (tertiary/aromatic N) is 1. The van der Waals surface area contributed by atoms with Gasteiger partial charge in [-0.25, -0.2) is 12.8 Å². The van der Waals surface area contributed by atoms with Crippen LogP contribution in [-0.2, 0) is 14.8 Å². The first-order valence-corrected chi connectivity index (χ1v) is 10.2. The molecule has 0 heterocycles. The summed E-state index contributed by atoms with van der Waals surface area (Å²) in [5.41, 5.74) is 0.883. The summed E-state index contributed by atoms with van der Waals surface area (Å²) in [4.78, 5) is 12.5. The number of benzene rings is 2. The van der Waals surface area contributed by atoms with Crippen molar-refractivity contribution in [3.05, 3.63) is 53.8 Å². The minimum Gasteiger partial charge on any atom is -0.497 e. The lowest BCUT2D eigenvalue weighted by Crippen LogP contribution is -2.41. The molecule has 0 aliphatic rings. The van der Waals surface area contributed by atoms with Gasteiger partial charge in [0.15, 0.2) is 0 Å². The Morgan fingerprint density at radius 1 is 1.14 bits per heavy atom. The van der Waals surface area contributed by atoms with Crippen molar-refractivity contribution in [1.82, 2.24) is 5.32 Å². The van der Waals surface area contributed by atoms with Crippen LogP contribution in [0.5, 0.6) is 11.5 Å². The van der Waals surface area contributed by atoms with Gasteiger partial charge in [0, 0.05) is 5.56 Å². The maximum atomic E-state index is 13.1. The molecule has 7 nitrogen and oxygen atoms in total. The van der Waals surface area contributed by atoms with E-state index in [4.69, 9.17) is 9.47 Å². The van der Waals surface area contributed by atoms with Crippen LogP contribution in [0.3, 0.4) is 0 Å². The molecule has 2 aromatic rings. The van der Waals surface area contributed by atoms with Crippen molar-refractivity contribution in [3.8, 4) is 11.5 Å². The second-order valence-corrected chi connectivity index (χ2v) is 8.05. The van der Waals surface area contributed by atoms with Gasteiger partial charge in [0.2, 0.25) is 15.9 Å². The van der Waals surface area contributed by atoms with Crippen LogP contribution in [0.1, 0.15) is 18.5 Å². The van der Waals surface area contributed by atoms with Crippen LogP contribution in [0.15, 0.2) is 42.5 Å². The predicted molar refractivity (Wildman–Crippen MR) is 105 cm³/mol. The minimum absolute atomic E-state index is 0.200. The molecule has 2 aromatic carbocycles. The molecule has 1 atom stereocenters. The Kier molecular flexibility index (Phi) is 6.85. The summed E-state index contributed by atoms with van der Waals surface area (Å²) >= 11 is 0. The standard InChI is InChI=1S/C19H23FN2O5S/c1-13(17-11-16(26-2)9-10-18(17)27-3)21-19(23)12-22(28(4,24)25)15-7-5-14(20)6-8-15/h5-11,13H,12H2,1-4H3,(H,21,23)/t13-/m1/s1. The molecular formula is C19H23FN2O5S. The highest BCUT2D eigenvalue weighted by atomic mass is 32.2. The largest absolute Gasteiger partial charge is 0.497 e. The SMILES string of the molecule is COc1ccc(OC)c([C@@H](C)NC(=O)CN(c2ccc(F)cc2)S(C)(=O)=O)c1. The third-order valence-corrected chi connectivity index (χ3v) is 5.22. The number of anilines is 1. The first-order chi connectivity index (χ1) is 13.2. The van der Waals surface area contributed by atoms with Gasteiger partial charge in [-0.1, -0.05) is 0 Å². The number of rotatable bonds is 8. The first-order valence-electron chi connectivity index (χ1n) is 8.40. The van der Waals surface area contributed by atoms with Gasteiger partial charge in [-0.3, -0.25) is 9.10 Å². The van der Waals surface area contributed by atoms with Crippen LogP contribution < -0.4 is 19.1 Å². The van der Waals surface area contributed by atoms with Gasteiger partial charge in [0.25, 0.3) is 0 Å². The molecule has 9 heteroatoms. The zero-order chi connectivity index (χ0) is 20.9. The quantitative estimate of drug-likeness (QED) is 0.723. The Morgan fingerprint density at radius 3 is 2.32 bits per heavy atom. The lowest BCUT2D eigenvalue weighted by atomic mass is 10.1. The number of hydrogen-bond acceptors (Lipinski definition) is 5. The van der Waals surface area contributed by atoms with Crippen molar-refractivity contribution in [2.75, 3.05) is 31.3 Å². The topological polar surface area (TPSA) is 84.9 Å². The van der Waals surface area contributed by atoms with Crippen LogP contribution in [0, 0.1) is 5.82 Å². The second kappa shape index (κ2) is 8.92. The van der Waals surface area contributed by atoms with Crippen molar-refractivity contribution in [2.45, 2.75) is 13.0 Å². The Balaban J connectivity index is 2.20. The molecule has 0 aromatic heterocycles. The summed E-state index contributed by atoms with van der Waals surface area (Å²) in [6.45, 7) is 1.30. The average Bonchev–Trinajstić information content (AvgIpc) is 2.65. The van der Waals surface area contributed by atoms with Crippen molar-refractivity contribution in [3.63, 3.8) is 0 Å². The molecule has 2 rings (SSSR count). The smallest absolute Gasteiger partial charge is 0.241 e. The van der Waals surface area contributed by atoms with E-state index < -0.39 is 34.3 Å². The summed E-state index contributed by atoms with van der Waals surface area (Å²) in [5, 5.41) is 2.75. The van der Waals surface area contributed by atoms with Crippen molar-refractivity contribution < 1.29 is 27.1 Å². The van der Waals surface area contributed by atoms with E-state index >= 15 is 0 Å². The van der Waals surface area contributed by atoms with Gasteiger partial charge in [0.1, 0.15) is 23.9 Å². The number of carbonyl (C=O) groups excluding carboxylic acids is 1. The lowest BCUT2D eigenvalue weighted by molar-refractivity contribution is -0.120. The van der Waals surface area contributed by atoms with Crippen molar-refractivity contribution >= 4 is 21.6 Å². The Morgan fingerprint density at radius 2 is 1.79 bits per heavy atom. The highest BCUT2D eigenvalue weighted by molar-refractivity contribution is 7.92. The molecule has 0 bridgehead atoms. The van der Waals surface area contributed by atoms with Crippen LogP contribution in [-0.4, -0.2) is 41.3 Å². The Hall–Kier alpha value is -2.81. The van der Waals surface area contributed by atoms with Crippen LogP contribution in [0.25, 0.3) is 0 Å². The molecule has 1 amide bonds. The molecule has 152 valence electrons. The fourth-order valence-electron chi connectivity index (χ4n) is 2.68. The highest BCUT2D eigenvalue weighted by Gasteiger charge is 2.23. The molecule has 0 fully saturated rings. The number of sulfonamides is 1. The number of nitrogens with one attached hydrogen (secondary N) is 1. The monoisotopic (exact) mass is 410 g/mol. The van der Waals surface area contributed by atoms with Gasteiger partial charge in [-0.05, 0) is 49.4 Å². The first kappa shape index (κ1) is 21.5. The van der Waals surface area contributed by atoms with E-state index in [-0.39, 0.29) is 5.69 Å². The molecule has 0 aliphatic carbocycles. The van der Waals surface area contributed by atoms with Gasteiger partial charge in [-0.15, -0.1) is 0 Å². The lowest BCUT2D eigenvalue weighted by Gasteiger charge is -2.24. The summed E-state index contributed by atoms with van der Waals surface area (Å²) in [7, 11) is -0.701. The van der Waals surface area contributed by atoms with Crippen LogP contribution in [0.4, 0.5) is 10.1 Å². The second-order valence-electron chi connectivity index (χ2n) is 6.14. The van der Waals surface area contributed by atoms with Gasteiger partial charge >= 0.3 is 0 Å². The molecule has 0 radical (unpaired) electrons. The third-order valence-electron chi connectivity index (χ3n) is 4.08. The van der Waals surface area contributed by atoms with E-state index in [1.807, 2.05) is 0 Å². The van der Waals surface area contributed by atoms with Gasteiger partial charge in [-0.2, -0.15) is 0 Å². The summed E-state index contributed by atoms with van der Waals surface area (Å²) in [6, 6.07) is 9.60. The van der Waals surface area contributed by atoms with Crippen LogP contribution >= 0.6 is 0 Å². The summed E-state index contributed by atoms with van der Waals surface area (Å²) < 4.78 is 48.8. The van der Waals surface area contributed by atoms with E-state index in [1.165, 1.54) is 26.4 Å². The number of amides is 1. The predicted octanol–water partition coefficient (Wildman–Crippen LogP) is 2.49. The zero-order valence-corrected chi connectivity index (χ0v) is 16.9. The maximum absolute atomic E-state index is 13.1. The maximum Gasteiger partial charge on any atom is 0.241 e. The highest BCUT2D eigenvalue weighted by Crippen LogP contribution is 2.29. The summed E-state index contributed by atoms with van der Waals surface area (Å²) in [5.74, 6) is 0.139. The van der Waals surface area contributed by atoms with Gasteiger partial charge in [0.05, 0.1) is 32.2 Å². The van der Waals surface area contributed by atoms with E-state index in [0.717, 1.165) is 22.7 Å². The van der Waals surface area contributed by atoms with Gasteiger partial charge < -0.3 is 14.8 Å². The molecule has 0 aliphatic heterocycles. The molecule has 0 saturated carbocycles. The molecule has 0 saturated heterocycles. The average molecular weight is 410 g/mol. The number of methoxy groups -OCH3 is 2. The fraction of sp³-hybridized carbons (Fsp3) is 0.316. The van der Waals surface area contributed by atoms with E-state index in [1.54, 1.807) is 25.1 Å². The van der Waals surface area contributed by atoms with E-state index in [2.05, 4.69) is 5.32 Å². The number of carbonyl (C=O) groups is 1. The third kappa shape index (κ3) is 5.35. The van der Waals surface area contributed by atoms with E-state index in [0.29, 0.717) is 17.1 Å². The number of ether oxygens (including phenoxy) is 2. The van der Waals surface area contributed by atoms with E-state index in [9.17, 15) is 17.6 Å². The number of hydrogen-bond donors (Lipinski definition) is 1. The molecule has 0 spiro atoms. The molecule has 1 N–H and O–H groups in total. The minimum atomic E-state index is -3.74. The van der Waals surface area contributed by atoms with Crippen molar-refractivity contribution in [2.24, 2.45) is 0 Å². The molecular weight excluding hydrogens is 387 g/mol. The Labute approximate surface area is 164 Å². The normalized spacial score (nSPS) is 12.2.